The monoisotopic (exact) mass is 171 g/mol. The minimum Gasteiger partial charge on any atom is -0.481 e. The molecule has 0 unspecified atom stereocenters. The highest BCUT2D eigenvalue weighted by atomic mass is 16.4. The molecular weight excluding hydrogens is 154 g/mol. The Labute approximate surface area is 73.4 Å². The predicted molar refractivity (Wildman–Crippen MR) is 47.1 cm³/mol. The molecule has 0 aliphatic carbocycles. The second kappa shape index (κ2) is 3.44. The summed E-state index contributed by atoms with van der Waals surface area (Å²) in [5.74, 6) is -0.652. The van der Waals surface area contributed by atoms with Crippen molar-refractivity contribution in [3.8, 4) is 0 Å². The van der Waals surface area contributed by atoms with Crippen molar-refractivity contribution in [2.75, 3.05) is 19.6 Å². The fourth-order valence-electron chi connectivity index (χ4n) is 1.79. The predicted octanol–water partition coefficient (Wildman–Crippen LogP) is 1.19. The number of rotatable bonds is 2. The summed E-state index contributed by atoms with van der Waals surface area (Å²) in [5, 5.41) is 8.98. The van der Waals surface area contributed by atoms with E-state index in [1.54, 1.807) is 0 Å². The van der Waals surface area contributed by atoms with Crippen molar-refractivity contribution < 1.29 is 9.90 Å². The number of likely N-dealkylation sites (tertiary alicyclic amines) is 1. The minimum absolute atomic E-state index is 0.506. The van der Waals surface area contributed by atoms with Gasteiger partial charge in [0.05, 0.1) is 5.41 Å². The van der Waals surface area contributed by atoms with Crippen molar-refractivity contribution in [2.24, 2.45) is 5.41 Å². The molecule has 1 heterocycles. The van der Waals surface area contributed by atoms with Gasteiger partial charge in [-0.15, -0.1) is 0 Å². The van der Waals surface area contributed by atoms with Gasteiger partial charge < -0.3 is 10.0 Å². The molecule has 1 atom stereocenters. The van der Waals surface area contributed by atoms with Gasteiger partial charge in [-0.2, -0.15) is 0 Å². The van der Waals surface area contributed by atoms with E-state index in [4.69, 9.17) is 5.11 Å². The molecule has 70 valence electrons. The van der Waals surface area contributed by atoms with Crippen LogP contribution in [0.15, 0.2) is 0 Å². The highest BCUT2D eigenvalue weighted by molar-refractivity contribution is 5.74. The molecule has 1 N–H and O–H groups in total. The third-order valence-corrected chi connectivity index (χ3v) is 2.74. The number of hydrogen-bond acceptors (Lipinski definition) is 2. The molecule has 1 aliphatic rings. The van der Waals surface area contributed by atoms with E-state index < -0.39 is 11.4 Å². The lowest BCUT2D eigenvalue weighted by Crippen LogP contribution is -2.45. The van der Waals surface area contributed by atoms with Gasteiger partial charge in [-0.3, -0.25) is 4.79 Å². The van der Waals surface area contributed by atoms with Gasteiger partial charge in [0.1, 0.15) is 0 Å². The Balaban J connectivity index is 2.61. The highest BCUT2D eigenvalue weighted by Gasteiger charge is 2.37. The van der Waals surface area contributed by atoms with E-state index >= 15 is 0 Å². The summed E-state index contributed by atoms with van der Waals surface area (Å²) < 4.78 is 0. The first-order valence-corrected chi connectivity index (χ1v) is 4.54. The van der Waals surface area contributed by atoms with Crippen LogP contribution < -0.4 is 0 Å². The third-order valence-electron chi connectivity index (χ3n) is 2.74. The second-order valence-electron chi connectivity index (χ2n) is 3.84. The first-order chi connectivity index (χ1) is 5.58. The van der Waals surface area contributed by atoms with E-state index in [0.29, 0.717) is 6.54 Å². The second-order valence-corrected chi connectivity index (χ2v) is 3.84. The summed E-state index contributed by atoms with van der Waals surface area (Å²) in [7, 11) is 0. The number of carbonyl (C=O) groups is 1. The van der Waals surface area contributed by atoms with Crippen molar-refractivity contribution in [1.82, 2.24) is 4.90 Å². The molecular formula is C9H17NO2. The topological polar surface area (TPSA) is 40.5 Å². The molecule has 12 heavy (non-hydrogen) atoms. The van der Waals surface area contributed by atoms with Crippen LogP contribution in [-0.4, -0.2) is 35.6 Å². The van der Waals surface area contributed by atoms with E-state index in [9.17, 15) is 4.79 Å². The van der Waals surface area contributed by atoms with Crippen molar-refractivity contribution in [3.63, 3.8) is 0 Å². The molecule has 0 aromatic rings. The Morgan fingerprint density at radius 2 is 2.33 bits per heavy atom. The quantitative estimate of drug-likeness (QED) is 0.678. The van der Waals surface area contributed by atoms with Crippen LogP contribution in [0.2, 0.25) is 0 Å². The molecule has 3 nitrogen and oxygen atoms in total. The van der Waals surface area contributed by atoms with Gasteiger partial charge >= 0.3 is 5.97 Å². The van der Waals surface area contributed by atoms with Crippen LogP contribution in [0.4, 0.5) is 0 Å². The van der Waals surface area contributed by atoms with Crippen LogP contribution in [0.5, 0.6) is 0 Å². The number of aliphatic carboxylic acids is 1. The van der Waals surface area contributed by atoms with Gasteiger partial charge in [-0.25, -0.2) is 0 Å². The molecule has 1 rings (SSSR count). The summed E-state index contributed by atoms with van der Waals surface area (Å²) >= 11 is 0. The lowest BCUT2D eigenvalue weighted by atomic mass is 9.82. The lowest BCUT2D eigenvalue weighted by molar-refractivity contribution is -0.151. The van der Waals surface area contributed by atoms with Crippen LogP contribution in [0, 0.1) is 5.41 Å². The van der Waals surface area contributed by atoms with Crippen molar-refractivity contribution in [2.45, 2.75) is 26.7 Å². The zero-order valence-corrected chi connectivity index (χ0v) is 7.84. The first-order valence-electron chi connectivity index (χ1n) is 4.54. The summed E-state index contributed by atoms with van der Waals surface area (Å²) in [5.41, 5.74) is -0.506. The summed E-state index contributed by atoms with van der Waals surface area (Å²) in [6, 6.07) is 0. The summed E-state index contributed by atoms with van der Waals surface area (Å²) in [6.45, 7) is 6.64. The van der Waals surface area contributed by atoms with E-state index in [1.807, 2.05) is 6.92 Å². The molecule has 0 amide bonds. The van der Waals surface area contributed by atoms with Gasteiger partial charge in [0.2, 0.25) is 0 Å². The van der Waals surface area contributed by atoms with Crippen LogP contribution in [0.3, 0.4) is 0 Å². The van der Waals surface area contributed by atoms with Gasteiger partial charge in [-0.1, -0.05) is 6.92 Å². The zero-order valence-electron chi connectivity index (χ0n) is 7.84. The molecule has 0 bridgehead atoms. The third kappa shape index (κ3) is 1.78. The lowest BCUT2D eigenvalue weighted by Gasteiger charge is -2.36. The Morgan fingerprint density at radius 3 is 2.83 bits per heavy atom. The largest absolute Gasteiger partial charge is 0.481 e. The molecule has 1 aliphatic heterocycles. The smallest absolute Gasteiger partial charge is 0.310 e. The average molecular weight is 171 g/mol. The van der Waals surface area contributed by atoms with Crippen molar-refractivity contribution in [1.29, 1.82) is 0 Å². The Hall–Kier alpha value is -0.570. The maximum atomic E-state index is 10.9. The molecule has 0 aromatic heterocycles. The first kappa shape index (κ1) is 9.52. The Bertz CT molecular complexity index is 181. The van der Waals surface area contributed by atoms with Crippen LogP contribution >= 0.6 is 0 Å². The SMILES string of the molecule is CCN1CCC[C@@](C)(C(=O)O)C1. The molecule has 0 aromatic carbocycles. The van der Waals surface area contributed by atoms with Crippen molar-refractivity contribution in [3.05, 3.63) is 0 Å². The summed E-state index contributed by atoms with van der Waals surface area (Å²) in [4.78, 5) is 13.1. The van der Waals surface area contributed by atoms with Crippen LogP contribution in [0.1, 0.15) is 26.7 Å². The summed E-state index contributed by atoms with van der Waals surface area (Å²) in [6.07, 6.45) is 1.83. The van der Waals surface area contributed by atoms with E-state index in [0.717, 1.165) is 25.9 Å². The number of nitrogens with zero attached hydrogens (tertiary/aromatic N) is 1. The van der Waals surface area contributed by atoms with Crippen LogP contribution in [-0.2, 0) is 4.79 Å². The van der Waals surface area contributed by atoms with Gasteiger partial charge in [0.25, 0.3) is 0 Å². The van der Waals surface area contributed by atoms with Gasteiger partial charge in [0.15, 0.2) is 0 Å². The average Bonchev–Trinajstić information content (AvgIpc) is 2.04. The molecule has 0 saturated carbocycles. The number of piperidine rings is 1. The van der Waals surface area contributed by atoms with Crippen LogP contribution in [0.25, 0.3) is 0 Å². The highest BCUT2D eigenvalue weighted by Crippen LogP contribution is 2.29. The van der Waals surface area contributed by atoms with Gasteiger partial charge in [0, 0.05) is 6.54 Å². The standard InChI is InChI=1S/C9H17NO2/c1-3-10-6-4-5-9(2,7-10)8(11)12/h3-7H2,1-2H3,(H,11,12)/t9-/m1/s1. The minimum atomic E-state index is -0.652. The van der Waals surface area contributed by atoms with E-state index in [-0.39, 0.29) is 0 Å². The molecule has 0 radical (unpaired) electrons. The van der Waals surface area contributed by atoms with E-state index in [1.165, 1.54) is 0 Å². The molecule has 1 saturated heterocycles. The fourth-order valence-corrected chi connectivity index (χ4v) is 1.79. The molecule has 1 fully saturated rings. The number of carboxylic acid groups (broad SMARTS) is 1. The molecule has 3 heteroatoms. The maximum Gasteiger partial charge on any atom is 0.310 e. The Morgan fingerprint density at radius 1 is 1.67 bits per heavy atom. The van der Waals surface area contributed by atoms with Crippen molar-refractivity contribution >= 4 is 5.97 Å². The Kier molecular flexibility index (Phi) is 2.73. The van der Waals surface area contributed by atoms with E-state index in [2.05, 4.69) is 11.8 Å². The zero-order chi connectivity index (χ0) is 9.19. The number of carboxylic acids is 1. The fraction of sp³-hybridized carbons (Fsp3) is 0.889. The molecule has 0 spiro atoms. The van der Waals surface area contributed by atoms with Gasteiger partial charge in [-0.05, 0) is 32.9 Å². The normalized spacial score (nSPS) is 31.8. The maximum absolute atomic E-state index is 10.9. The number of hydrogen-bond donors (Lipinski definition) is 1.